The molecule has 3 rings (SSSR count). The van der Waals surface area contributed by atoms with Gasteiger partial charge in [0, 0.05) is 16.8 Å². The minimum atomic E-state index is -3.54. The van der Waals surface area contributed by atoms with E-state index >= 15 is 0 Å². The summed E-state index contributed by atoms with van der Waals surface area (Å²) in [4.78, 5) is 6.42. The molecule has 7 heteroatoms. The maximum Gasteiger partial charge on any atom is 0.241 e. The van der Waals surface area contributed by atoms with Gasteiger partial charge in [0.25, 0.3) is 0 Å². The number of nitrogens with zero attached hydrogens (tertiary/aromatic N) is 1. The monoisotopic (exact) mass is 378 g/mol. The van der Waals surface area contributed by atoms with Crippen molar-refractivity contribution in [2.45, 2.75) is 32.2 Å². The predicted octanol–water partition coefficient (Wildman–Crippen LogP) is 4.28. The summed E-state index contributed by atoms with van der Waals surface area (Å²) in [7, 11) is -3.54. The summed E-state index contributed by atoms with van der Waals surface area (Å²) in [6.45, 7) is 6.05. The highest BCUT2D eigenvalue weighted by Gasteiger charge is 2.21. The first-order chi connectivity index (χ1) is 11.3. The van der Waals surface area contributed by atoms with Gasteiger partial charge < -0.3 is 0 Å². The molecule has 24 heavy (non-hydrogen) atoms. The summed E-state index contributed by atoms with van der Waals surface area (Å²) < 4.78 is 27.9. The molecular formula is C17H18N2O2S3. The van der Waals surface area contributed by atoms with E-state index in [-0.39, 0.29) is 6.54 Å². The third kappa shape index (κ3) is 3.75. The molecule has 0 radical (unpaired) electrons. The molecule has 0 saturated heterocycles. The van der Waals surface area contributed by atoms with Gasteiger partial charge in [-0.15, -0.1) is 22.7 Å². The molecular weight excluding hydrogens is 360 g/mol. The Morgan fingerprint density at radius 1 is 1.12 bits per heavy atom. The Morgan fingerprint density at radius 3 is 2.46 bits per heavy atom. The number of hydrogen-bond donors (Lipinski definition) is 1. The molecule has 1 N–H and O–H groups in total. The topological polar surface area (TPSA) is 59.1 Å². The van der Waals surface area contributed by atoms with Gasteiger partial charge in [0.15, 0.2) is 0 Å². The molecule has 4 nitrogen and oxygen atoms in total. The van der Waals surface area contributed by atoms with Crippen LogP contribution < -0.4 is 4.72 Å². The summed E-state index contributed by atoms with van der Waals surface area (Å²) in [6, 6.07) is 9.53. The fraction of sp³-hybridized carbons (Fsp3) is 0.235. The third-order valence-electron chi connectivity index (χ3n) is 3.62. The second kappa shape index (κ2) is 6.76. The molecule has 0 atom stereocenters. The molecule has 0 fully saturated rings. The van der Waals surface area contributed by atoms with Crippen LogP contribution in [0.1, 0.15) is 21.0 Å². The lowest BCUT2D eigenvalue weighted by Gasteiger charge is -2.06. The summed E-state index contributed by atoms with van der Waals surface area (Å²) >= 11 is 3.02. The van der Waals surface area contributed by atoms with E-state index in [0.717, 1.165) is 31.6 Å². The Labute approximate surface area is 150 Å². The summed E-state index contributed by atoms with van der Waals surface area (Å²) in [5.41, 5.74) is 2.93. The minimum Gasteiger partial charge on any atom is -0.241 e. The fourth-order valence-electron chi connectivity index (χ4n) is 2.30. The van der Waals surface area contributed by atoms with Crippen LogP contribution in [-0.4, -0.2) is 13.4 Å². The highest BCUT2D eigenvalue weighted by atomic mass is 32.2. The van der Waals surface area contributed by atoms with Crippen LogP contribution in [0.4, 0.5) is 0 Å². The minimum absolute atomic E-state index is 0.281. The van der Waals surface area contributed by atoms with Gasteiger partial charge in [-0.05, 0) is 32.4 Å². The molecule has 3 aromatic rings. The molecule has 126 valence electrons. The van der Waals surface area contributed by atoms with Crippen molar-refractivity contribution >= 4 is 32.7 Å². The van der Waals surface area contributed by atoms with Crippen LogP contribution >= 0.6 is 22.7 Å². The number of aromatic nitrogens is 1. The zero-order valence-electron chi connectivity index (χ0n) is 13.7. The van der Waals surface area contributed by atoms with Crippen molar-refractivity contribution < 1.29 is 8.42 Å². The lowest BCUT2D eigenvalue weighted by atomic mass is 10.2. The average molecular weight is 379 g/mol. The Hall–Kier alpha value is -1.54. The Balaban J connectivity index is 1.81. The molecule has 0 aliphatic carbocycles. The quantitative estimate of drug-likeness (QED) is 0.721. The molecule has 0 aliphatic heterocycles. The fourth-order valence-corrected chi connectivity index (χ4v) is 5.55. The van der Waals surface area contributed by atoms with E-state index in [1.165, 1.54) is 11.3 Å². The van der Waals surface area contributed by atoms with Gasteiger partial charge in [-0.25, -0.2) is 18.1 Å². The molecule has 0 amide bonds. The van der Waals surface area contributed by atoms with Crippen molar-refractivity contribution in [1.29, 1.82) is 0 Å². The molecule has 1 aromatic carbocycles. The van der Waals surface area contributed by atoms with Gasteiger partial charge in [0.2, 0.25) is 10.0 Å². The predicted molar refractivity (Wildman–Crippen MR) is 100 cm³/mol. The number of thiophene rings is 1. The standard InChI is InChI=1S/C17H18N2O2S3/c1-11-4-6-14(7-5-11)9-18-24(20,21)17-8-16(23-12(17)2)15-10-22-13(3)19-15/h4-8,10,18H,9H2,1-3H3. The van der Waals surface area contributed by atoms with Crippen LogP contribution in [-0.2, 0) is 16.6 Å². The molecule has 2 aromatic heterocycles. The zero-order chi connectivity index (χ0) is 17.3. The van der Waals surface area contributed by atoms with Gasteiger partial charge in [-0.2, -0.15) is 0 Å². The van der Waals surface area contributed by atoms with Crippen LogP contribution in [0.5, 0.6) is 0 Å². The van der Waals surface area contributed by atoms with Gasteiger partial charge in [0.05, 0.1) is 20.5 Å². The second-order valence-corrected chi connectivity index (χ2v) is 9.65. The largest absolute Gasteiger partial charge is 0.241 e. The number of benzene rings is 1. The van der Waals surface area contributed by atoms with Gasteiger partial charge in [-0.3, -0.25) is 0 Å². The van der Waals surface area contributed by atoms with Crippen molar-refractivity contribution in [3.05, 3.63) is 56.7 Å². The second-order valence-electron chi connectivity index (χ2n) is 5.59. The lowest BCUT2D eigenvalue weighted by Crippen LogP contribution is -2.23. The summed E-state index contributed by atoms with van der Waals surface area (Å²) in [5.74, 6) is 0. The van der Waals surface area contributed by atoms with E-state index in [0.29, 0.717) is 4.90 Å². The summed E-state index contributed by atoms with van der Waals surface area (Å²) in [5, 5.41) is 2.93. The number of sulfonamides is 1. The first kappa shape index (κ1) is 17.3. The van der Waals surface area contributed by atoms with E-state index in [2.05, 4.69) is 9.71 Å². The highest BCUT2D eigenvalue weighted by molar-refractivity contribution is 7.89. The van der Waals surface area contributed by atoms with Gasteiger partial charge >= 0.3 is 0 Å². The molecule has 0 saturated carbocycles. The van der Waals surface area contributed by atoms with E-state index in [9.17, 15) is 8.42 Å². The first-order valence-corrected chi connectivity index (χ1v) is 10.6. The normalized spacial score (nSPS) is 11.8. The van der Waals surface area contributed by atoms with E-state index in [1.54, 1.807) is 17.4 Å². The van der Waals surface area contributed by atoms with E-state index in [1.807, 2.05) is 50.4 Å². The maximum atomic E-state index is 12.6. The first-order valence-electron chi connectivity index (χ1n) is 7.43. The van der Waals surface area contributed by atoms with Crippen LogP contribution in [0.25, 0.3) is 10.6 Å². The molecule has 0 aliphatic rings. The molecule has 0 bridgehead atoms. The van der Waals surface area contributed by atoms with Crippen molar-refractivity contribution in [1.82, 2.24) is 9.71 Å². The van der Waals surface area contributed by atoms with Crippen LogP contribution in [0.3, 0.4) is 0 Å². The van der Waals surface area contributed by atoms with Crippen molar-refractivity contribution in [3.63, 3.8) is 0 Å². The number of aryl methyl sites for hydroxylation is 3. The van der Waals surface area contributed by atoms with Crippen LogP contribution in [0.15, 0.2) is 40.6 Å². The number of rotatable bonds is 5. The zero-order valence-corrected chi connectivity index (χ0v) is 16.1. The van der Waals surface area contributed by atoms with Gasteiger partial charge in [-0.1, -0.05) is 29.8 Å². The highest BCUT2D eigenvalue weighted by Crippen LogP contribution is 2.33. The lowest BCUT2D eigenvalue weighted by molar-refractivity contribution is 0.581. The Bertz CT molecular complexity index is 954. The Morgan fingerprint density at radius 2 is 1.83 bits per heavy atom. The van der Waals surface area contributed by atoms with Crippen molar-refractivity contribution in [3.8, 4) is 10.6 Å². The van der Waals surface area contributed by atoms with Crippen LogP contribution in [0.2, 0.25) is 0 Å². The van der Waals surface area contributed by atoms with Crippen molar-refractivity contribution in [2.75, 3.05) is 0 Å². The average Bonchev–Trinajstić information content (AvgIpc) is 3.13. The summed E-state index contributed by atoms with van der Waals surface area (Å²) in [6.07, 6.45) is 0. The number of thiazole rings is 1. The molecule has 0 unspecified atom stereocenters. The van der Waals surface area contributed by atoms with Gasteiger partial charge in [0.1, 0.15) is 0 Å². The number of hydrogen-bond acceptors (Lipinski definition) is 5. The smallest absolute Gasteiger partial charge is 0.241 e. The van der Waals surface area contributed by atoms with Crippen molar-refractivity contribution in [2.24, 2.45) is 0 Å². The van der Waals surface area contributed by atoms with E-state index < -0.39 is 10.0 Å². The Kier molecular flexibility index (Phi) is 4.87. The SMILES string of the molecule is Cc1ccc(CNS(=O)(=O)c2cc(-c3csc(C)n3)sc2C)cc1. The molecule has 0 spiro atoms. The number of nitrogens with one attached hydrogen (secondary N) is 1. The van der Waals surface area contributed by atoms with E-state index in [4.69, 9.17) is 0 Å². The third-order valence-corrected chi connectivity index (χ3v) is 7.12. The molecule has 2 heterocycles. The maximum absolute atomic E-state index is 12.6. The van der Waals surface area contributed by atoms with Crippen LogP contribution in [0, 0.1) is 20.8 Å².